The smallest absolute Gasteiger partial charge is 0.0935 e. The number of nitrogens with zero attached hydrogens (tertiary/aromatic N) is 1. The van der Waals surface area contributed by atoms with Crippen LogP contribution in [-0.4, -0.2) is 50.5 Å². The van der Waals surface area contributed by atoms with Gasteiger partial charge in [-0.05, 0) is 18.9 Å². The van der Waals surface area contributed by atoms with E-state index in [0.717, 1.165) is 51.8 Å². The summed E-state index contributed by atoms with van der Waals surface area (Å²) in [4.78, 5) is 2.42. The van der Waals surface area contributed by atoms with E-state index in [0.29, 0.717) is 0 Å². The van der Waals surface area contributed by atoms with Gasteiger partial charge in [0.05, 0.1) is 19.3 Å². The third-order valence-corrected chi connectivity index (χ3v) is 2.81. The Kier molecular flexibility index (Phi) is 6.22. The SMILES string of the molecule is CCN1CCO[C@H](COCCC(C)C)C1. The van der Waals surface area contributed by atoms with Crippen LogP contribution in [0.3, 0.4) is 0 Å². The van der Waals surface area contributed by atoms with Gasteiger partial charge in [0.1, 0.15) is 0 Å². The molecule has 0 aliphatic carbocycles. The molecule has 0 amide bonds. The lowest BCUT2D eigenvalue weighted by Gasteiger charge is -2.31. The number of ether oxygens (including phenoxy) is 2. The molecule has 0 aromatic rings. The van der Waals surface area contributed by atoms with Gasteiger partial charge in [0.25, 0.3) is 0 Å². The standard InChI is InChI=1S/C12H25NO2/c1-4-13-6-8-15-12(9-13)10-14-7-5-11(2)3/h11-12H,4-10H2,1-3H3/t12-/m0/s1. The van der Waals surface area contributed by atoms with Crippen molar-refractivity contribution in [1.82, 2.24) is 4.90 Å². The number of likely N-dealkylation sites (N-methyl/N-ethyl adjacent to an activating group) is 1. The molecule has 1 atom stereocenters. The van der Waals surface area contributed by atoms with Crippen LogP contribution in [0.2, 0.25) is 0 Å². The van der Waals surface area contributed by atoms with Crippen LogP contribution in [0.25, 0.3) is 0 Å². The largest absolute Gasteiger partial charge is 0.379 e. The molecule has 3 nitrogen and oxygen atoms in total. The molecular formula is C12H25NO2. The fourth-order valence-corrected chi connectivity index (χ4v) is 1.70. The van der Waals surface area contributed by atoms with E-state index in [-0.39, 0.29) is 6.10 Å². The minimum absolute atomic E-state index is 0.283. The molecule has 1 fully saturated rings. The van der Waals surface area contributed by atoms with Gasteiger partial charge >= 0.3 is 0 Å². The summed E-state index contributed by atoms with van der Waals surface area (Å²) in [6.07, 6.45) is 1.43. The molecule has 0 aromatic carbocycles. The van der Waals surface area contributed by atoms with Crippen LogP contribution in [0, 0.1) is 5.92 Å². The lowest BCUT2D eigenvalue weighted by molar-refractivity contribution is -0.0688. The van der Waals surface area contributed by atoms with Crippen molar-refractivity contribution in [2.75, 3.05) is 39.5 Å². The third-order valence-electron chi connectivity index (χ3n) is 2.81. The summed E-state index contributed by atoms with van der Waals surface area (Å²) in [6.45, 7) is 12.3. The van der Waals surface area contributed by atoms with Crippen molar-refractivity contribution < 1.29 is 9.47 Å². The maximum atomic E-state index is 5.65. The van der Waals surface area contributed by atoms with Crippen molar-refractivity contribution in [2.24, 2.45) is 5.92 Å². The Balaban J connectivity index is 2.05. The average molecular weight is 215 g/mol. The Morgan fingerprint density at radius 1 is 1.47 bits per heavy atom. The van der Waals surface area contributed by atoms with E-state index in [2.05, 4.69) is 25.7 Å². The van der Waals surface area contributed by atoms with Crippen molar-refractivity contribution in [3.05, 3.63) is 0 Å². The van der Waals surface area contributed by atoms with Gasteiger partial charge in [-0.1, -0.05) is 20.8 Å². The van der Waals surface area contributed by atoms with Gasteiger partial charge in [-0.2, -0.15) is 0 Å². The summed E-state index contributed by atoms with van der Waals surface area (Å²) in [5, 5.41) is 0. The van der Waals surface area contributed by atoms with E-state index >= 15 is 0 Å². The summed E-state index contributed by atoms with van der Waals surface area (Å²) in [6, 6.07) is 0. The normalized spacial score (nSPS) is 23.6. The fourth-order valence-electron chi connectivity index (χ4n) is 1.70. The fraction of sp³-hybridized carbons (Fsp3) is 1.00. The molecule has 0 spiro atoms. The topological polar surface area (TPSA) is 21.7 Å². The Labute approximate surface area is 93.7 Å². The molecule has 0 radical (unpaired) electrons. The zero-order valence-corrected chi connectivity index (χ0v) is 10.4. The molecule has 15 heavy (non-hydrogen) atoms. The minimum atomic E-state index is 0.283. The van der Waals surface area contributed by atoms with Crippen molar-refractivity contribution in [1.29, 1.82) is 0 Å². The Hall–Kier alpha value is -0.120. The molecule has 1 aliphatic heterocycles. The Morgan fingerprint density at radius 3 is 2.93 bits per heavy atom. The lowest BCUT2D eigenvalue weighted by atomic mass is 10.1. The lowest BCUT2D eigenvalue weighted by Crippen LogP contribution is -2.44. The molecule has 0 saturated carbocycles. The van der Waals surface area contributed by atoms with Crippen LogP contribution in [0.1, 0.15) is 27.2 Å². The molecular weight excluding hydrogens is 190 g/mol. The second-order valence-electron chi connectivity index (χ2n) is 4.64. The van der Waals surface area contributed by atoms with Crippen molar-refractivity contribution in [3.8, 4) is 0 Å². The van der Waals surface area contributed by atoms with E-state index < -0.39 is 0 Å². The van der Waals surface area contributed by atoms with Gasteiger partial charge in [0.15, 0.2) is 0 Å². The number of hydrogen-bond acceptors (Lipinski definition) is 3. The van der Waals surface area contributed by atoms with Crippen molar-refractivity contribution >= 4 is 0 Å². The average Bonchev–Trinajstić information content (AvgIpc) is 2.24. The van der Waals surface area contributed by atoms with Gasteiger partial charge in [-0.15, -0.1) is 0 Å². The maximum absolute atomic E-state index is 5.65. The summed E-state index contributed by atoms with van der Waals surface area (Å²) < 4.78 is 11.3. The molecule has 90 valence electrons. The highest BCUT2D eigenvalue weighted by molar-refractivity contribution is 4.69. The zero-order valence-electron chi connectivity index (χ0n) is 10.4. The van der Waals surface area contributed by atoms with Gasteiger partial charge in [-0.25, -0.2) is 0 Å². The van der Waals surface area contributed by atoms with Crippen LogP contribution in [-0.2, 0) is 9.47 Å². The highest BCUT2D eigenvalue weighted by Crippen LogP contribution is 2.06. The van der Waals surface area contributed by atoms with E-state index in [9.17, 15) is 0 Å². The van der Waals surface area contributed by atoms with Crippen molar-refractivity contribution in [3.63, 3.8) is 0 Å². The zero-order chi connectivity index (χ0) is 11.1. The van der Waals surface area contributed by atoms with E-state index in [1.54, 1.807) is 0 Å². The summed E-state index contributed by atoms with van der Waals surface area (Å²) in [5.41, 5.74) is 0. The second-order valence-corrected chi connectivity index (χ2v) is 4.64. The predicted octanol–water partition coefficient (Wildman–Crippen LogP) is 1.77. The first-order valence-electron chi connectivity index (χ1n) is 6.14. The number of rotatable bonds is 6. The monoisotopic (exact) mass is 215 g/mol. The van der Waals surface area contributed by atoms with E-state index in [1.165, 1.54) is 0 Å². The number of hydrogen-bond donors (Lipinski definition) is 0. The molecule has 1 aliphatic rings. The summed E-state index contributed by atoms with van der Waals surface area (Å²) >= 11 is 0. The molecule has 0 unspecified atom stereocenters. The highest BCUT2D eigenvalue weighted by atomic mass is 16.5. The molecule has 1 heterocycles. The molecule has 0 bridgehead atoms. The Bertz CT molecular complexity index is 162. The maximum Gasteiger partial charge on any atom is 0.0935 e. The molecule has 3 heteroatoms. The van der Waals surface area contributed by atoms with Crippen LogP contribution in [0.15, 0.2) is 0 Å². The minimum Gasteiger partial charge on any atom is -0.379 e. The predicted molar refractivity (Wildman–Crippen MR) is 62.1 cm³/mol. The molecule has 1 rings (SSSR count). The van der Waals surface area contributed by atoms with Crippen LogP contribution in [0.5, 0.6) is 0 Å². The summed E-state index contributed by atoms with van der Waals surface area (Å²) in [5.74, 6) is 0.726. The van der Waals surface area contributed by atoms with E-state index in [1.807, 2.05) is 0 Å². The quantitative estimate of drug-likeness (QED) is 0.630. The van der Waals surface area contributed by atoms with Gasteiger partial charge < -0.3 is 9.47 Å². The van der Waals surface area contributed by atoms with Crippen LogP contribution < -0.4 is 0 Å². The second kappa shape index (κ2) is 7.20. The highest BCUT2D eigenvalue weighted by Gasteiger charge is 2.18. The number of morpholine rings is 1. The third kappa shape index (κ3) is 5.50. The van der Waals surface area contributed by atoms with Gasteiger partial charge in [-0.3, -0.25) is 4.90 Å². The first-order chi connectivity index (χ1) is 7.22. The van der Waals surface area contributed by atoms with Crippen molar-refractivity contribution in [2.45, 2.75) is 33.3 Å². The summed E-state index contributed by atoms with van der Waals surface area (Å²) in [7, 11) is 0. The van der Waals surface area contributed by atoms with E-state index in [4.69, 9.17) is 9.47 Å². The van der Waals surface area contributed by atoms with Gasteiger partial charge in [0, 0.05) is 19.7 Å². The first-order valence-corrected chi connectivity index (χ1v) is 6.14. The molecule has 0 N–H and O–H groups in total. The van der Waals surface area contributed by atoms with Crippen LogP contribution in [0.4, 0.5) is 0 Å². The molecule has 1 saturated heterocycles. The van der Waals surface area contributed by atoms with Gasteiger partial charge in [0.2, 0.25) is 0 Å². The van der Waals surface area contributed by atoms with Crippen LogP contribution >= 0.6 is 0 Å². The Morgan fingerprint density at radius 2 is 2.27 bits per heavy atom. The molecule has 0 aromatic heterocycles. The first kappa shape index (κ1) is 12.9.